The van der Waals surface area contributed by atoms with Crippen LogP contribution in [-0.2, 0) is 14.3 Å². The van der Waals surface area contributed by atoms with Crippen molar-refractivity contribution >= 4 is 23.5 Å². The highest BCUT2D eigenvalue weighted by molar-refractivity contribution is 6.31. The minimum Gasteiger partial charge on any atom is -0.466 e. The van der Waals surface area contributed by atoms with E-state index in [1.807, 2.05) is 24.3 Å². The molecule has 0 aliphatic heterocycles. The molecule has 2 unspecified atom stereocenters. The van der Waals surface area contributed by atoms with E-state index in [4.69, 9.17) is 16.3 Å². The predicted molar refractivity (Wildman–Crippen MR) is 81.2 cm³/mol. The molecule has 1 amide bonds. The third kappa shape index (κ3) is 4.46. The molecule has 2 rings (SSSR count). The maximum Gasteiger partial charge on any atom is 0.305 e. The second-order valence-electron chi connectivity index (χ2n) is 5.17. The molecular formula is C16H20ClNO3. The Bertz CT molecular complexity index is 518. The number of nitrogens with one attached hydrogen (secondary N) is 1. The van der Waals surface area contributed by atoms with Gasteiger partial charge in [-0.2, -0.15) is 0 Å². The van der Waals surface area contributed by atoms with Gasteiger partial charge >= 0.3 is 5.97 Å². The molecule has 0 radical (unpaired) electrons. The van der Waals surface area contributed by atoms with Gasteiger partial charge < -0.3 is 10.1 Å². The summed E-state index contributed by atoms with van der Waals surface area (Å²) in [7, 11) is 0. The summed E-state index contributed by atoms with van der Waals surface area (Å²) in [6.45, 7) is 2.68. The zero-order valence-corrected chi connectivity index (χ0v) is 12.9. The molecule has 21 heavy (non-hydrogen) atoms. The Morgan fingerprint density at radius 3 is 2.86 bits per heavy atom. The Morgan fingerprint density at radius 2 is 2.14 bits per heavy atom. The highest BCUT2D eigenvalue weighted by Crippen LogP contribution is 2.49. The fourth-order valence-electron chi connectivity index (χ4n) is 2.41. The Kier molecular flexibility index (Phi) is 5.62. The number of hydrogen-bond donors (Lipinski definition) is 1. The summed E-state index contributed by atoms with van der Waals surface area (Å²) >= 11 is 6.14. The fraction of sp³-hybridized carbons (Fsp3) is 0.500. The smallest absolute Gasteiger partial charge is 0.305 e. The van der Waals surface area contributed by atoms with Crippen molar-refractivity contribution in [1.82, 2.24) is 5.32 Å². The largest absolute Gasteiger partial charge is 0.466 e. The molecule has 1 aromatic rings. The zero-order valence-electron chi connectivity index (χ0n) is 12.1. The van der Waals surface area contributed by atoms with Gasteiger partial charge in [0.05, 0.1) is 6.61 Å². The van der Waals surface area contributed by atoms with Gasteiger partial charge in [0.1, 0.15) is 0 Å². The lowest BCUT2D eigenvalue weighted by molar-refractivity contribution is -0.143. The summed E-state index contributed by atoms with van der Waals surface area (Å²) in [6, 6.07) is 7.65. The molecule has 0 aromatic heterocycles. The number of benzene rings is 1. The Morgan fingerprint density at radius 1 is 1.38 bits per heavy atom. The average molecular weight is 310 g/mol. The molecule has 1 aliphatic carbocycles. The van der Waals surface area contributed by atoms with Crippen LogP contribution in [0.5, 0.6) is 0 Å². The number of esters is 1. The summed E-state index contributed by atoms with van der Waals surface area (Å²) < 4.78 is 4.83. The molecule has 114 valence electrons. The highest BCUT2D eigenvalue weighted by Gasteiger charge is 2.44. The molecule has 0 bridgehead atoms. The third-order valence-electron chi connectivity index (χ3n) is 3.59. The van der Waals surface area contributed by atoms with Crippen LogP contribution in [0, 0.1) is 5.92 Å². The van der Waals surface area contributed by atoms with Crippen LogP contribution in [0.25, 0.3) is 0 Å². The van der Waals surface area contributed by atoms with Crippen LogP contribution in [0.1, 0.15) is 37.7 Å². The monoisotopic (exact) mass is 309 g/mol. The van der Waals surface area contributed by atoms with Crippen LogP contribution < -0.4 is 5.32 Å². The number of carbonyl (C=O) groups is 2. The van der Waals surface area contributed by atoms with Crippen molar-refractivity contribution in [1.29, 1.82) is 0 Å². The van der Waals surface area contributed by atoms with E-state index < -0.39 is 0 Å². The Balaban J connectivity index is 1.69. The number of rotatable bonds is 7. The van der Waals surface area contributed by atoms with Gasteiger partial charge in [0.2, 0.25) is 5.91 Å². The molecule has 1 saturated carbocycles. The lowest BCUT2D eigenvalue weighted by Gasteiger charge is -2.06. The molecule has 0 heterocycles. The second kappa shape index (κ2) is 7.46. The first-order chi connectivity index (χ1) is 10.1. The first-order valence-electron chi connectivity index (χ1n) is 7.31. The van der Waals surface area contributed by atoms with Gasteiger partial charge in [0, 0.05) is 23.9 Å². The summed E-state index contributed by atoms with van der Waals surface area (Å²) in [5.41, 5.74) is 1.05. The SMILES string of the molecule is CCOC(=O)CCCNC(=O)C1CC1c1ccccc1Cl. The predicted octanol–water partition coefficient (Wildman–Crippen LogP) is 2.90. The normalized spacial score (nSPS) is 19.9. The van der Waals surface area contributed by atoms with Crippen molar-refractivity contribution in [3.8, 4) is 0 Å². The van der Waals surface area contributed by atoms with Crippen LogP contribution in [-0.4, -0.2) is 25.0 Å². The van der Waals surface area contributed by atoms with Gasteiger partial charge in [0.15, 0.2) is 0 Å². The number of halogens is 1. The van der Waals surface area contributed by atoms with Gasteiger partial charge in [-0.3, -0.25) is 9.59 Å². The van der Waals surface area contributed by atoms with Gasteiger partial charge in [0.25, 0.3) is 0 Å². The maximum absolute atomic E-state index is 12.0. The summed E-state index contributed by atoms with van der Waals surface area (Å²) in [6.07, 6.45) is 1.79. The molecule has 0 spiro atoms. The molecule has 1 fully saturated rings. The van der Waals surface area contributed by atoms with Crippen LogP contribution >= 0.6 is 11.6 Å². The van der Waals surface area contributed by atoms with E-state index in [2.05, 4.69) is 5.32 Å². The van der Waals surface area contributed by atoms with Gasteiger partial charge in [-0.1, -0.05) is 29.8 Å². The van der Waals surface area contributed by atoms with Crippen LogP contribution in [0.4, 0.5) is 0 Å². The van der Waals surface area contributed by atoms with Crippen molar-refractivity contribution in [3.63, 3.8) is 0 Å². The van der Waals surface area contributed by atoms with E-state index in [-0.39, 0.29) is 23.7 Å². The minimum absolute atomic E-state index is 0.00694. The fourth-order valence-corrected chi connectivity index (χ4v) is 2.69. The number of amides is 1. The van der Waals surface area contributed by atoms with Gasteiger partial charge in [-0.15, -0.1) is 0 Å². The molecule has 0 saturated heterocycles. The lowest BCUT2D eigenvalue weighted by Crippen LogP contribution is -2.27. The summed E-state index contributed by atoms with van der Waals surface area (Å²) in [5, 5.41) is 3.59. The highest BCUT2D eigenvalue weighted by atomic mass is 35.5. The third-order valence-corrected chi connectivity index (χ3v) is 3.94. The minimum atomic E-state index is -0.216. The van der Waals surface area contributed by atoms with Crippen LogP contribution in [0.2, 0.25) is 5.02 Å². The quantitative estimate of drug-likeness (QED) is 0.622. The van der Waals surface area contributed by atoms with E-state index in [1.165, 1.54) is 0 Å². The molecule has 1 N–H and O–H groups in total. The number of carbonyl (C=O) groups excluding carboxylic acids is 2. The van der Waals surface area contributed by atoms with E-state index >= 15 is 0 Å². The van der Waals surface area contributed by atoms with Crippen molar-refractivity contribution in [3.05, 3.63) is 34.9 Å². The average Bonchev–Trinajstić information content (AvgIpc) is 3.24. The zero-order chi connectivity index (χ0) is 15.2. The standard InChI is InChI=1S/C16H20ClNO3/c1-2-21-15(19)8-5-9-18-16(20)13-10-12(13)11-6-3-4-7-14(11)17/h3-4,6-7,12-13H,2,5,8-10H2,1H3,(H,18,20). The first-order valence-corrected chi connectivity index (χ1v) is 7.69. The topological polar surface area (TPSA) is 55.4 Å². The molecule has 1 aliphatic rings. The van der Waals surface area contributed by atoms with E-state index in [1.54, 1.807) is 6.92 Å². The van der Waals surface area contributed by atoms with Crippen LogP contribution in [0.15, 0.2) is 24.3 Å². The maximum atomic E-state index is 12.0. The van der Waals surface area contributed by atoms with E-state index in [9.17, 15) is 9.59 Å². The molecular weight excluding hydrogens is 290 g/mol. The van der Waals surface area contributed by atoms with Gasteiger partial charge in [-0.25, -0.2) is 0 Å². The lowest BCUT2D eigenvalue weighted by atomic mass is 10.1. The van der Waals surface area contributed by atoms with Crippen molar-refractivity contribution in [2.45, 2.75) is 32.1 Å². The van der Waals surface area contributed by atoms with Crippen molar-refractivity contribution in [2.24, 2.45) is 5.92 Å². The summed E-state index contributed by atoms with van der Waals surface area (Å²) in [4.78, 5) is 23.2. The Hall–Kier alpha value is -1.55. The molecule has 5 heteroatoms. The molecule has 4 nitrogen and oxygen atoms in total. The van der Waals surface area contributed by atoms with Crippen molar-refractivity contribution < 1.29 is 14.3 Å². The van der Waals surface area contributed by atoms with E-state index in [0.29, 0.717) is 26.0 Å². The van der Waals surface area contributed by atoms with Crippen molar-refractivity contribution in [2.75, 3.05) is 13.2 Å². The Labute approximate surface area is 129 Å². The second-order valence-corrected chi connectivity index (χ2v) is 5.58. The molecule has 1 aromatic carbocycles. The number of ether oxygens (including phenoxy) is 1. The van der Waals surface area contributed by atoms with E-state index in [0.717, 1.165) is 17.0 Å². The van der Waals surface area contributed by atoms with Gasteiger partial charge in [-0.05, 0) is 37.3 Å². The first kappa shape index (κ1) is 15.8. The van der Waals surface area contributed by atoms with Crippen LogP contribution in [0.3, 0.4) is 0 Å². The number of hydrogen-bond acceptors (Lipinski definition) is 3. The summed E-state index contributed by atoms with van der Waals surface area (Å²) in [5.74, 6) is 0.0622. The molecule has 2 atom stereocenters.